The number of nitrogens with zero attached hydrogens (tertiary/aromatic N) is 1. The second kappa shape index (κ2) is 9.17. The van der Waals surface area contributed by atoms with Gasteiger partial charge in [-0.25, -0.2) is 9.59 Å². The van der Waals surface area contributed by atoms with Crippen molar-refractivity contribution in [2.45, 2.75) is 37.2 Å². The van der Waals surface area contributed by atoms with E-state index in [2.05, 4.69) is 5.32 Å². The summed E-state index contributed by atoms with van der Waals surface area (Å²) in [6.07, 6.45) is -6.73. The molecule has 1 aliphatic rings. The molecule has 12 heteroatoms. The Balaban J connectivity index is 1.84. The largest absolute Gasteiger partial charge is 0.445 e. The number of halogens is 1. The first kappa shape index (κ1) is 21.6. The van der Waals surface area contributed by atoms with Crippen molar-refractivity contribution >= 4 is 6.09 Å². The van der Waals surface area contributed by atoms with Gasteiger partial charge < -0.3 is 30.1 Å². The summed E-state index contributed by atoms with van der Waals surface area (Å²) in [5, 5.41) is 32.2. The molecule has 1 fully saturated rings. The normalized spacial score (nSPS) is 26.2. The van der Waals surface area contributed by atoms with Crippen LogP contribution in [0.3, 0.4) is 0 Å². The summed E-state index contributed by atoms with van der Waals surface area (Å²) in [4.78, 5) is 37.4. The lowest BCUT2D eigenvalue weighted by Crippen LogP contribution is -2.63. The average Bonchev–Trinajstić information content (AvgIpc) is 2.74. The number of H-pyrrole nitrogens is 1. The lowest BCUT2D eigenvalue weighted by Gasteiger charge is -2.42. The van der Waals surface area contributed by atoms with E-state index in [-0.39, 0.29) is 6.61 Å². The fourth-order valence-electron chi connectivity index (χ4n) is 3.04. The topological polar surface area (TPSA) is 163 Å². The van der Waals surface area contributed by atoms with Gasteiger partial charge in [0.25, 0.3) is 5.56 Å². The van der Waals surface area contributed by atoms with Gasteiger partial charge in [-0.3, -0.25) is 14.3 Å². The standard InChI is InChI=1S/C18H20FN3O8/c19-10-6-22(17(27)21-15(10)26)16-12(14(25)13(24)11(7-23)30-16)20-18(28)29-8-9-4-2-1-3-5-9/h1-6,11-14,16,23-25H,7-8H2,(H,20,28)(H,21,26,27). The van der Waals surface area contributed by atoms with Crippen molar-refractivity contribution in [3.8, 4) is 0 Å². The van der Waals surface area contributed by atoms with E-state index in [1.54, 1.807) is 35.3 Å². The number of hydrogen-bond acceptors (Lipinski definition) is 8. The first-order valence-electron chi connectivity index (χ1n) is 8.92. The number of aromatic amines is 1. The Bertz CT molecular complexity index is 995. The van der Waals surface area contributed by atoms with E-state index in [0.717, 1.165) is 0 Å². The second-order valence-electron chi connectivity index (χ2n) is 6.60. The Morgan fingerprint density at radius 1 is 1.23 bits per heavy atom. The van der Waals surface area contributed by atoms with Gasteiger partial charge in [0.2, 0.25) is 5.82 Å². The molecule has 1 saturated heterocycles. The van der Waals surface area contributed by atoms with Crippen molar-refractivity contribution in [2.75, 3.05) is 6.61 Å². The minimum Gasteiger partial charge on any atom is -0.445 e. The van der Waals surface area contributed by atoms with Gasteiger partial charge >= 0.3 is 11.8 Å². The molecule has 0 saturated carbocycles. The van der Waals surface area contributed by atoms with Crippen LogP contribution < -0.4 is 16.6 Å². The zero-order valence-electron chi connectivity index (χ0n) is 15.5. The molecule has 2 aromatic rings. The molecule has 1 aromatic carbocycles. The number of rotatable bonds is 5. The molecule has 1 aliphatic heterocycles. The maximum absolute atomic E-state index is 13.7. The van der Waals surface area contributed by atoms with Crippen molar-refractivity contribution in [3.63, 3.8) is 0 Å². The number of carbonyl (C=O) groups excluding carboxylic acids is 1. The Morgan fingerprint density at radius 2 is 1.93 bits per heavy atom. The fraction of sp³-hybridized carbons (Fsp3) is 0.389. The van der Waals surface area contributed by atoms with Gasteiger partial charge in [-0.15, -0.1) is 0 Å². The number of benzene rings is 1. The molecule has 0 bridgehead atoms. The monoisotopic (exact) mass is 425 g/mol. The van der Waals surface area contributed by atoms with Crippen molar-refractivity contribution < 1.29 is 34.0 Å². The second-order valence-corrected chi connectivity index (χ2v) is 6.60. The van der Waals surface area contributed by atoms with E-state index in [1.165, 1.54) is 0 Å². The highest BCUT2D eigenvalue weighted by Crippen LogP contribution is 2.27. The van der Waals surface area contributed by atoms with E-state index in [0.29, 0.717) is 16.3 Å². The molecule has 3 rings (SSSR count). The number of aromatic nitrogens is 2. The summed E-state index contributed by atoms with van der Waals surface area (Å²) < 4.78 is 24.8. The van der Waals surface area contributed by atoms with Crippen LogP contribution >= 0.6 is 0 Å². The molecule has 1 aromatic heterocycles. The van der Waals surface area contributed by atoms with E-state index in [4.69, 9.17) is 9.47 Å². The summed E-state index contributed by atoms with van der Waals surface area (Å²) in [6, 6.07) is 7.22. The number of amides is 1. The van der Waals surface area contributed by atoms with E-state index < -0.39 is 60.3 Å². The Labute approximate surface area is 168 Å². The van der Waals surface area contributed by atoms with Crippen LogP contribution in [0.5, 0.6) is 0 Å². The van der Waals surface area contributed by atoms with Crippen LogP contribution in [0.1, 0.15) is 11.8 Å². The SMILES string of the molecule is O=C(NC1C(O)C(O)C(CO)OC1n1cc(F)c(=O)[nH]c1=O)OCc1ccccc1. The molecule has 2 heterocycles. The molecule has 5 unspecified atom stereocenters. The Kier molecular flexibility index (Phi) is 6.62. The van der Waals surface area contributed by atoms with Crippen LogP contribution in [0.25, 0.3) is 0 Å². The third kappa shape index (κ3) is 4.57. The first-order chi connectivity index (χ1) is 14.3. The van der Waals surface area contributed by atoms with Gasteiger partial charge in [-0.2, -0.15) is 4.39 Å². The number of aliphatic hydroxyl groups is 3. The third-order valence-electron chi connectivity index (χ3n) is 4.60. The Hall–Kier alpha value is -3.06. The molecule has 0 spiro atoms. The number of ether oxygens (including phenoxy) is 2. The summed E-state index contributed by atoms with van der Waals surface area (Å²) in [5.74, 6) is -1.32. The maximum atomic E-state index is 13.7. The zero-order chi connectivity index (χ0) is 21.8. The van der Waals surface area contributed by atoms with E-state index >= 15 is 0 Å². The number of aliphatic hydroxyl groups excluding tert-OH is 3. The molecule has 5 N–H and O–H groups in total. The van der Waals surface area contributed by atoms with Crippen molar-refractivity contribution in [1.29, 1.82) is 0 Å². The predicted molar refractivity (Wildman–Crippen MR) is 97.8 cm³/mol. The molecule has 0 aliphatic carbocycles. The third-order valence-corrected chi connectivity index (χ3v) is 4.60. The predicted octanol–water partition coefficient (Wildman–Crippen LogP) is -1.42. The van der Waals surface area contributed by atoms with Crippen LogP contribution in [-0.4, -0.2) is 61.9 Å². The van der Waals surface area contributed by atoms with Gasteiger partial charge in [-0.1, -0.05) is 30.3 Å². The number of nitrogens with one attached hydrogen (secondary N) is 2. The minimum atomic E-state index is -1.72. The molecule has 5 atom stereocenters. The lowest BCUT2D eigenvalue weighted by atomic mass is 9.96. The molecular weight excluding hydrogens is 405 g/mol. The fourth-order valence-corrected chi connectivity index (χ4v) is 3.04. The van der Waals surface area contributed by atoms with Gasteiger partial charge in [0.05, 0.1) is 12.8 Å². The van der Waals surface area contributed by atoms with E-state index in [1.807, 2.05) is 0 Å². The highest BCUT2D eigenvalue weighted by atomic mass is 19.1. The number of alkyl carbamates (subject to hydrolysis) is 1. The highest BCUT2D eigenvalue weighted by molar-refractivity contribution is 5.67. The highest BCUT2D eigenvalue weighted by Gasteiger charge is 2.46. The summed E-state index contributed by atoms with van der Waals surface area (Å²) >= 11 is 0. The van der Waals surface area contributed by atoms with Crippen LogP contribution in [0.4, 0.5) is 9.18 Å². The summed E-state index contributed by atoms with van der Waals surface area (Å²) in [6.45, 7) is -0.837. The zero-order valence-corrected chi connectivity index (χ0v) is 15.5. The molecule has 1 amide bonds. The molecule has 162 valence electrons. The van der Waals surface area contributed by atoms with Crippen molar-refractivity contribution in [3.05, 3.63) is 68.7 Å². The van der Waals surface area contributed by atoms with Crippen LogP contribution in [0.2, 0.25) is 0 Å². The first-order valence-corrected chi connectivity index (χ1v) is 8.92. The van der Waals surface area contributed by atoms with Crippen LogP contribution in [-0.2, 0) is 16.1 Å². The average molecular weight is 425 g/mol. The van der Waals surface area contributed by atoms with Gasteiger partial charge in [0.1, 0.15) is 31.0 Å². The van der Waals surface area contributed by atoms with Crippen molar-refractivity contribution in [2.24, 2.45) is 0 Å². The minimum absolute atomic E-state index is 0.101. The molecule has 30 heavy (non-hydrogen) atoms. The quantitative estimate of drug-likeness (QED) is 0.390. The summed E-state index contributed by atoms with van der Waals surface area (Å²) in [7, 11) is 0. The smallest absolute Gasteiger partial charge is 0.407 e. The number of hydrogen-bond donors (Lipinski definition) is 5. The Morgan fingerprint density at radius 3 is 2.60 bits per heavy atom. The number of carbonyl (C=O) groups is 1. The molecular formula is C18H20FN3O8. The van der Waals surface area contributed by atoms with Crippen LogP contribution in [0.15, 0.2) is 46.1 Å². The van der Waals surface area contributed by atoms with Crippen molar-refractivity contribution in [1.82, 2.24) is 14.9 Å². The van der Waals surface area contributed by atoms with Crippen LogP contribution in [0, 0.1) is 5.82 Å². The lowest BCUT2D eigenvalue weighted by molar-refractivity contribution is -0.216. The molecule has 0 radical (unpaired) electrons. The van der Waals surface area contributed by atoms with Gasteiger partial charge in [0, 0.05) is 0 Å². The summed E-state index contributed by atoms with van der Waals surface area (Å²) in [5.41, 5.74) is -1.67. The van der Waals surface area contributed by atoms with Gasteiger partial charge in [-0.05, 0) is 5.56 Å². The maximum Gasteiger partial charge on any atom is 0.407 e. The van der Waals surface area contributed by atoms with E-state index in [9.17, 15) is 34.1 Å². The van der Waals surface area contributed by atoms with Gasteiger partial charge in [0.15, 0.2) is 6.23 Å². The molecule has 11 nitrogen and oxygen atoms in total.